The van der Waals surface area contributed by atoms with E-state index in [1.807, 2.05) is 91.0 Å². The van der Waals surface area contributed by atoms with Crippen LogP contribution in [0.5, 0.6) is 0 Å². The van der Waals surface area contributed by atoms with Gasteiger partial charge in [-0.3, -0.25) is 0 Å². The zero-order chi connectivity index (χ0) is 36.4. The second kappa shape index (κ2) is 12.5. The number of fused-ring (bicyclic) bond motifs is 6. The second-order valence-electron chi connectivity index (χ2n) is 13.2. The molecule has 8 heteroatoms. The van der Waals surface area contributed by atoms with E-state index in [2.05, 4.69) is 53.1 Å². The van der Waals surface area contributed by atoms with Crippen LogP contribution in [0.3, 0.4) is 0 Å². The minimum absolute atomic E-state index is 0.455. The molecule has 0 radical (unpaired) electrons. The third-order valence-electron chi connectivity index (χ3n) is 9.89. The van der Waals surface area contributed by atoms with Crippen molar-refractivity contribution >= 4 is 53.3 Å². The van der Waals surface area contributed by atoms with Crippen molar-refractivity contribution in [2.24, 2.45) is 0 Å². The molecule has 0 atom stereocenters. The Labute approximate surface area is 311 Å². The summed E-state index contributed by atoms with van der Waals surface area (Å²) < 4.78 is 46.0. The molecular formula is C46H27F3N4S. The van der Waals surface area contributed by atoms with Crippen LogP contribution in [0.4, 0.5) is 13.2 Å². The number of alkyl halides is 3. The molecule has 10 rings (SSSR count). The minimum atomic E-state index is -4.46. The molecule has 0 aliphatic carbocycles. The highest BCUT2D eigenvalue weighted by Gasteiger charge is 2.30. The summed E-state index contributed by atoms with van der Waals surface area (Å²) >= 11 is 1.75. The lowest BCUT2D eigenvalue weighted by atomic mass is 9.98. The molecule has 0 spiro atoms. The number of thiophene rings is 1. The van der Waals surface area contributed by atoms with Gasteiger partial charge in [0.2, 0.25) is 0 Å². The Bertz CT molecular complexity index is 2970. The highest BCUT2D eigenvalue weighted by molar-refractivity contribution is 7.25. The molecule has 4 nitrogen and oxygen atoms in total. The average molecular weight is 725 g/mol. The second-order valence-corrected chi connectivity index (χ2v) is 14.2. The molecular weight excluding hydrogens is 698 g/mol. The molecule has 0 fully saturated rings. The lowest BCUT2D eigenvalue weighted by molar-refractivity contribution is -0.137. The zero-order valence-electron chi connectivity index (χ0n) is 28.4. The summed E-state index contributed by atoms with van der Waals surface area (Å²) in [7, 11) is 0. The van der Waals surface area contributed by atoms with Gasteiger partial charge in [0.25, 0.3) is 0 Å². The van der Waals surface area contributed by atoms with Crippen LogP contribution in [-0.4, -0.2) is 19.5 Å². The normalized spacial score (nSPS) is 12.0. The predicted octanol–water partition coefficient (Wildman–Crippen LogP) is 13.0. The summed E-state index contributed by atoms with van der Waals surface area (Å²) in [5, 5.41) is 4.60. The molecule has 0 saturated carbocycles. The first-order valence-corrected chi connectivity index (χ1v) is 18.2. The third-order valence-corrected chi connectivity index (χ3v) is 11.0. The SMILES string of the molecule is FC(F)(F)c1ccc(-c2cc(-c3nc(-c4ccccc4)nc(-c4ccccc4)n3)ccc2-n2c3ccccc3c3cc4c(cc32)sc2ccccc24)cc1. The number of hydrogen-bond donors (Lipinski definition) is 0. The van der Waals surface area contributed by atoms with Gasteiger partial charge < -0.3 is 4.57 Å². The van der Waals surface area contributed by atoms with Crippen LogP contribution in [0, 0.1) is 0 Å². The van der Waals surface area contributed by atoms with Crippen molar-refractivity contribution < 1.29 is 13.2 Å². The smallest absolute Gasteiger partial charge is 0.309 e. The Kier molecular flexibility index (Phi) is 7.42. The predicted molar refractivity (Wildman–Crippen MR) is 214 cm³/mol. The highest BCUT2D eigenvalue weighted by atomic mass is 32.1. The van der Waals surface area contributed by atoms with E-state index >= 15 is 0 Å². The van der Waals surface area contributed by atoms with E-state index < -0.39 is 11.7 Å². The van der Waals surface area contributed by atoms with Crippen LogP contribution in [0.1, 0.15) is 5.56 Å². The molecule has 7 aromatic carbocycles. The summed E-state index contributed by atoms with van der Waals surface area (Å²) in [6.07, 6.45) is -4.46. The highest BCUT2D eigenvalue weighted by Crippen LogP contribution is 2.43. The first-order valence-electron chi connectivity index (χ1n) is 17.4. The monoisotopic (exact) mass is 724 g/mol. The molecule has 0 amide bonds. The largest absolute Gasteiger partial charge is 0.416 e. The van der Waals surface area contributed by atoms with E-state index in [9.17, 15) is 13.2 Å². The van der Waals surface area contributed by atoms with E-state index in [1.165, 1.54) is 15.5 Å². The number of benzene rings is 7. The standard InChI is InChI=1S/C46H27F3N4S/c47-46(48,49)32-22-19-28(20-23-32)35-25-31(45-51-43(29-11-3-1-4-12-29)50-44(52-45)30-13-5-2-6-14-30)21-24-39(35)53-38-17-9-7-15-33(38)36-26-37-34-16-8-10-18-41(34)54-42(37)27-40(36)53/h1-27H. The number of para-hydroxylation sites is 1. The number of nitrogens with zero attached hydrogens (tertiary/aromatic N) is 4. The topological polar surface area (TPSA) is 43.6 Å². The third kappa shape index (κ3) is 5.42. The Hall–Kier alpha value is -6.64. The van der Waals surface area contributed by atoms with Crippen molar-refractivity contribution in [1.29, 1.82) is 0 Å². The fourth-order valence-electron chi connectivity index (χ4n) is 7.32. The Morgan fingerprint density at radius 3 is 1.67 bits per heavy atom. The molecule has 0 N–H and O–H groups in total. The Balaban J connectivity index is 1.24. The lowest BCUT2D eigenvalue weighted by Gasteiger charge is -2.17. The minimum Gasteiger partial charge on any atom is -0.309 e. The van der Waals surface area contributed by atoms with Gasteiger partial charge in [0.15, 0.2) is 17.5 Å². The summed E-state index contributed by atoms with van der Waals surface area (Å²) in [4.78, 5) is 14.8. The van der Waals surface area contributed by atoms with Gasteiger partial charge in [-0.1, -0.05) is 109 Å². The summed E-state index contributed by atoms with van der Waals surface area (Å²) in [6, 6.07) is 52.1. The maximum absolute atomic E-state index is 13.8. The van der Waals surface area contributed by atoms with E-state index in [1.54, 1.807) is 23.5 Å². The number of aromatic nitrogens is 4. The molecule has 0 aliphatic rings. The summed E-state index contributed by atoms with van der Waals surface area (Å²) in [6.45, 7) is 0. The van der Waals surface area contributed by atoms with E-state index in [0.29, 0.717) is 28.6 Å². The van der Waals surface area contributed by atoms with Crippen LogP contribution >= 0.6 is 11.3 Å². The van der Waals surface area contributed by atoms with Crippen LogP contribution in [-0.2, 0) is 6.18 Å². The van der Waals surface area contributed by atoms with Crippen LogP contribution in [0.2, 0.25) is 0 Å². The average Bonchev–Trinajstić information content (AvgIpc) is 3.74. The van der Waals surface area contributed by atoms with E-state index in [-0.39, 0.29) is 0 Å². The lowest BCUT2D eigenvalue weighted by Crippen LogP contribution is -2.04. The van der Waals surface area contributed by atoms with E-state index in [4.69, 9.17) is 15.0 Å². The molecule has 258 valence electrons. The fraction of sp³-hybridized carbons (Fsp3) is 0.0217. The zero-order valence-corrected chi connectivity index (χ0v) is 29.2. The van der Waals surface area contributed by atoms with Gasteiger partial charge in [0, 0.05) is 53.2 Å². The molecule has 54 heavy (non-hydrogen) atoms. The van der Waals surface area contributed by atoms with Crippen LogP contribution < -0.4 is 0 Å². The van der Waals surface area contributed by atoms with Crippen molar-refractivity contribution in [3.8, 4) is 51.0 Å². The molecule has 10 aromatic rings. The molecule has 0 saturated heterocycles. The maximum atomic E-state index is 13.8. The molecule has 0 unspecified atom stereocenters. The van der Waals surface area contributed by atoms with Gasteiger partial charge in [-0.05, 0) is 60.2 Å². The van der Waals surface area contributed by atoms with Crippen LogP contribution in [0.25, 0.3) is 93.0 Å². The number of rotatable bonds is 5. The molecule has 0 bridgehead atoms. The van der Waals surface area contributed by atoms with E-state index in [0.717, 1.165) is 61.0 Å². The Morgan fingerprint density at radius 2 is 1.00 bits per heavy atom. The first-order chi connectivity index (χ1) is 26.4. The number of hydrogen-bond acceptors (Lipinski definition) is 4. The van der Waals surface area contributed by atoms with Crippen molar-refractivity contribution in [2.45, 2.75) is 6.18 Å². The summed E-state index contributed by atoms with van der Waals surface area (Å²) in [5.41, 5.74) is 5.89. The van der Waals surface area contributed by atoms with Gasteiger partial charge >= 0.3 is 6.18 Å². The van der Waals surface area contributed by atoms with Crippen LogP contribution in [0.15, 0.2) is 164 Å². The number of halogens is 3. The molecule has 3 aromatic heterocycles. The van der Waals surface area contributed by atoms with Crippen molar-refractivity contribution in [3.05, 3.63) is 169 Å². The van der Waals surface area contributed by atoms with Crippen molar-refractivity contribution in [2.75, 3.05) is 0 Å². The van der Waals surface area contributed by atoms with Gasteiger partial charge in [-0.15, -0.1) is 11.3 Å². The van der Waals surface area contributed by atoms with Crippen molar-refractivity contribution in [3.63, 3.8) is 0 Å². The quantitative estimate of drug-likeness (QED) is 0.177. The fourth-order valence-corrected chi connectivity index (χ4v) is 8.45. The molecule has 3 heterocycles. The first kappa shape index (κ1) is 32.0. The van der Waals surface area contributed by atoms with Gasteiger partial charge in [-0.25, -0.2) is 15.0 Å². The molecule has 0 aliphatic heterocycles. The van der Waals surface area contributed by atoms with Gasteiger partial charge in [0.05, 0.1) is 22.3 Å². The summed E-state index contributed by atoms with van der Waals surface area (Å²) in [5.74, 6) is 1.50. The maximum Gasteiger partial charge on any atom is 0.416 e. The van der Waals surface area contributed by atoms with Crippen molar-refractivity contribution in [1.82, 2.24) is 19.5 Å². The Morgan fingerprint density at radius 1 is 0.426 bits per heavy atom. The van der Waals surface area contributed by atoms with Gasteiger partial charge in [0.1, 0.15) is 0 Å². The van der Waals surface area contributed by atoms with Gasteiger partial charge in [-0.2, -0.15) is 13.2 Å².